The Morgan fingerprint density at radius 3 is 2.65 bits per heavy atom. The molecule has 0 N–H and O–H groups in total. The summed E-state index contributed by atoms with van der Waals surface area (Å²) < 4.78 is 0.945. The number of benzene rings is 1. The highest BCUT2D eigenvalue weighted by atomic mass is 79.9. The van der Waals surface area contributed by atoms with Gasteiger partial charge in [-0.25, -0.2) is 0 Å². The van der Waals surface area contributed by atoms with Gasteiger partial charge in [0.25, 0.3) is 0 Å². The number of rotatable bonds is 2. The molecule has 4 heteroatoms. The molecule has 1 aliphatic heterocycles. The molecular weight excluding hydrogens is 280 g/mol. The molecule has 0 saturated carbocycles. The zero-order valence-corrected chi connectivity index (χ0v) is 11.0. The van der Waals surface area contributed by atoms with Crippen molar-refractivity contribution in [2.75, 3.05) is 18.0 Å². The average molecular weight is 293 g/mol. The molecular formula is C13H13BrN2O. The van der Waals surface area contributed by atoms with Crippen molar-refractivity contribution in [2.45, 2.75) is 12.8 Å². The Morgan fingerprint density at radius 1 is 1.41 bits per heavy atom. The minimum atomic E-state index is 0.211. The third-order valence-electron chi connectivity index (χ3n) is 3.15. The number of carbonyl (C=O) groups excluding carboxylic acids is 1. The second-order valence-electron chi connectivity index (χ2n) is 4.24. The Kier molecular flexibility index (Phi) is 3.80. The SMILES string of the molecule is N#Cc1ccc(N2CCC(C=O)CC2)c(Br)c1. The molecule has 17 heavy (non-hydrogen) atoms. The summed E-state index contributed by atoms with van der Waals surface area (Å²) in [6.45, 7) is 1.79. The molecule has 0 bridgehead atoms. The van der Waals surface area contributed by atoms with Gasteiger partial charge in [0.05, 0.1) is 17.3 Å². The predicted molar refractivity (Wildman–Crippen MR) is 69.9 cm³/mol. The van der Waals surface area contributed by atoms with Gasteiger partial charge in [-0.3, -0.25) is 0 Å². The van der Waals surface area contributed by atoms with Gasteiger partial charge in [-0.15, -0.1) is 0 Å². The van der Waals surface area contributed by atoms with Crippen LogP contribution in [0.1, 0.15) is 18.4 Å². The topological polar surface area (TPSA) is 44.1 Å². The Bertz CT molecular complexity index is 459. The van der Waals surface area contributed by atoms with E-state index in [-0.39, 0.29) is 5.92 Å². The van der Waals surface area contributed by atoms with Gasteiger partial charge < -0.3 is 9.69 Å². The summed E-state index contributed by atoms with van der Waals surface area (Å²) in [5.41, 5.74) is 1.76. The lowest BCUT2D eigenvalue weighted by Gasteiger charge is -2.32. The third-order valence-corrected chi connectivity index (χ3v) is 3.78. The molecule has 1 heterocycles. The van der Waals surface area contributed by atoms with Crippen LogP contribution in [0.5, 0.6) is 0 Å². The summed E-state index contributed by atoms with van der Waals surface area (Å²) in [5.74, 6) is 0.211. The molecule has 0 atom stereocenters. The van der Waals surface area contributed by atoms with Gasteiger partial charge in [0, 0.05) is 23.5 Å². The Labute approximate surface area is 109 Å². The van der Waals surface area contributed by atoms with E-state index in [1.165, 1.54) is 0 Å². The second-order valence-corrected chi connectivity index (χ2v) is 5.09. The van der Waals surface area contributed by atoms with Gasteiger partial charge in [-0.05, 0) is 47.0 Å². The summed E-state index contributed by atoms with van der Waals surface area (Å²) in [5, 5.41) is 8.81. The maximum atomic E-state index is 10.7. The number of hydrogen-bond acceptors (Lipinski definition) is 3. The van der Waals surface area contributed by atoms with Gasteiger partial charge in [-0.2, -0.15) is 5.26 Å². The summed E-state index contributed by atoms with van der Waals surface area (Å²) >= 11 is 3.49. The fourth-order valence-electron chi connectivity index (χ4n) is 2.11. The van der Waals surface area contributed by atoms with Crippen LogP contribution < -0.4 is 4.90 Å². The van der Waals surface area contributed by atoms with Crippen LogP contribution in [-0.2, 0) is 4.79 Å². The zero-order chi connectivity index (χ0) is 12.3. The quantitative estimate of drug-likeness (QED) is 0.788. The lowest BCUT2D eigenvalue weighted by molar-refractivity contribution is -0.111. The molecule has 1 aliphatic rings. The highest BCUT2D eigenvalue weighted by molar-refractivity contribution is 9.10. The van der Waals surface area contributed by atoms with Gasteiger partial charge in [0.15, 0.2) is 0 Å². The van der Waals surface area contributed by atoms with Gasteiger partial charge in [-0.1, -0.05) is 0 Å². The van der Waals surface area contributed by atoms with Gasteiger partial charge in [0.2, 0.25) is 0 Å². The minimum absolute atomic E-state index is 0.211. The van der Waals surface area contributed by atoms with E-state index in [1.807, 2.05) is 18.2 Å². The van der Waals surface area contributed by atoms with E-state index < -0.39 is 0 Å². The van der Waals surface area contributed by atoms with E-state index in [1.54, 1.807) is 0 Å². The fourth-order valence-corrected chi connectivity index (χ4v) is 2.74. The Morgan fingerprint density at radius 2 is 2.12 bits per heavy atom. The smallest absolute Gasteiger partial charge is 0.123 e. The maximum Gasteiger partial charge on any atom is 0.123 e. The molecule has 1 aromatic rings. The molecule has 1 saturated heterocycles. The monoisotopic (exact) mass is 292 g/mol. The number of halogens is 1. The number of nitriles is 1. The Balaban J connectivity index is 2.14. The van der Waals surface area contributed by atoms with Crippen molar-refractivity contribution in [1.82, 2.24) is 0 Å². The van der Waals surface area contributed by atoms with Crippen LogP contribution in [0.15, 0.2) is 22.7 Å². The highest BCUT2D eigenvalue weighted by Gasteiger charge is 2.20. The van der Waals surface area contributed by atoms with Crippen molar-refractivity contribution in [3.8, 4) is 6.07 Å². The van der Waals surface area contributed by atoms with E-state index >= 15 is 0 Å². The van der Waals surface area contributed by atoms with Crippen LogP contribution in [0, 0.1) is 17.2 Å². The van der Waals surface area contributed by atoms with E-state index in [2.05, 4.69) is 26.9 Å². The van der Waals surface area contributed by atoms with Crippen molar-refractivity contribution >= 4 is 27.9 Å². The van der Waals surface area contributed by atoms with Crippen LogP contribution >= 0.6 is 15.9 Å². The number of hydrogen-bond donors (Lipinski definition) is 0. The van der Waals surface area contributed by atoms with Crippen LogP contribution in [0.4, 0.5) is 5.69 Å². The second kappa shape index (κ2) is 5.33. The number of aldehydes is 1. The number of piperidine rings is 1. The molecule has 0 amide bonds. The minimum Gasteiger partial charge on any atom is -0.371 e. The van der Waals surface area contributed by atoms with Crippen molar-refractivity contribution in [1.29, 1.82) is 5.26 Å². The molecule has 1 fully saturated rings. The molecule has 0 aliphatic carbocycles. The first-order chi connectivity index (χ1) is 8.24. The largest absolute Gasteiger partial charge is 0.371 e. The summed E-state index contributed by atoms with van der Waals surface area (Å²) in [6.07, 6.45) is 2.89. The summed E-state index contributed by atoms with van der Waals surface area (Å²) in [4.78, 5) is 12.9. The summed E-state index contributed by atoms with van der Waals surface area (Å²) in [6, 6.07) is 7.74. The summed E-state index contributed by atoms with van der Waals surface area (Å²) in [7, 11) is 0. The molecule has 88 valence electrons. The first-order valence-electron chi connectivity index (χ1n) is 5.64. The highest BCUT2D eigenvalue weighted by Crippen LogP contribution is 2.30. The molecule has 2 rings (SSSR count). The fraction of sp³-hybridized carbons (Fsp3) is 0.385. The van der Waals surface area contributed by atoms with Crippen LogP contribution in [0.25, 0.3) is 0 Å². The van der Waals surface area contributed by atoms with Crippen molar-refractivity contribution in [3.05, 3.63) is 28.2 Å². The van der Waals surface area contributed by atoms with E-state index in [0.717, 1.165) is 42.4 Å². The average Bonchev–Trinajstić information content (AvgIpc) is 2.39. The first kappa shape index (κ1) is 12.1. The lowest BCUT2D eigenvalue weighted by Crippen LogP contribution is -2.34. The van der Waals surface area contributed by atoms with E-state index in [9.17, 15) is 4.79 Å². The molecule has 1 aromatic carbocycles. The normalized spacial score (nSPS) is 16.6. The van der Waals surface area contributed by atoms with Crippen LogP contribution in [-0.4, -0.2) is 19.4 Å². The van der Waals surface area contributed by atoms with Gasteiger partial charge in [0.1, 0.15) is 6.29 Å². The van der Waals surface area contributed by atoms with E-state index in [0.29, 0.717) is 5.56 Å². The molecule has 0 spiro atoms. The standard InChI is InChI=1S/C13H13BrN2O/c14-12-7-11(8-15)1-2-13(12)16-5-3-10(9-17)4-6-16/h1-2,7,9-10H,3-6H2. The predicted octanol–water partition coefficient (Wildman–Crippen LogP) is 2.74. The molecule has 3 nitrogen and oxygen atoms in total. The Hall–Kier alpha value is -1.34. The maximum absolute atomic E-state index is 10.7. The van der Waals surface area contributed by atoms with E-state index in [4.69, 9.17) is 5.26 Å². The zero-order valence-electron chi connectivity index (χ0n) is 9.40. The lowest BCUT2D eigenvalue weighted by atomic mass is 9.98. The molecule has 0 unspecified atom stereocenters. The van der Waals surface area contributed by atoms with Crippen molar-refractivity contribution in [2.24, 2.45) is 5.92 Å². The van der Waals surface area contributed by atoms with Crippen molar-refractivity contribution < 1.29 is 4.79 Å². The van der Waals surface area contributed by atoms with Crippen molar-refractivity contribution in [3.63, 3.8) is 0 Å². The van der Waals surface area contributed by atoms with Crippen LogP contribution in [0.2, 0.25) is 0 Å². The van der Waals surface area contributed by atoms with Gasteiger partial charge >= 0.3 is 0 Å². The third kappa shape index (κ3) is 2.67. The number of nitrogens with zero attached hydrogens (tertiary/aromatic N) is 2. The molecule has 0 aromatic heterocycles. The van der Waals surface area contributed by atoms with Crippen LogP contribution in [0.3, 0.4) is 0 Å². The number of anilines is 1. The first-order valence-corrected chi connectivity index (χ1v) is 6.44. The number of carbonyl (C=O) groups is 1. The molecule has 0 radical (unpaired) electrons.